The zero-order valence-electron chi connectivity index (χ0n) is 5.16. The van der Waals surface area contributed by atoms with Gasteiger partial charge in [-0.3, -0.25) is 4.90 Å². The van der Waals surface area contributed by atoms with Crippen LogP contribution >= 0.6 is 11.9 Å². The van der Waals surface area contributed by atoms with E-state index in [0.717, 1.165) is 0 Å². The Morgan fingerprint density at radius 1 is 1.60 bits per heavy atom. The number of carbonyl (C=O) groups is 1. The third-order valence-corrected chi connectivity index (χ3v) is 1.25. The maximum Gasteiger partial charge on any atom is 0.432 e. The molecule has 0 radical (unpaired) electrons. The lowest BCUT2D eigenvalue weighted by atomic mass is 10.4. The van der Waals surface area contributed by atoms with Gasteiger partial charge in [0.2, 0.25) is 0 Å². The summed E-state index contributed by atoms with van der Waals surface area (Å²) in [5.74, 6) is 0. The quantitative estimate of drug-likeness (QED) is 0.538. The molecule has 1 heterocycles. The molecule has 0 unspecified atom stereocenters. The number of hydrogen-bond acceptors (Lipinski definition) is 2. The van der Waals surface area contributed by atoms with Gasteiger partial charge in [-0.15, -0.1) is 0 Å². The number of hydrogen-bond donors (Lipinski definition) is 0. The van der Waals surface area contributed by atoms with E-state index in [2.05, 4.69) is 4.29 Å². The van der Waals surface area contributed by atoms with Gasteiger partial charge in [-0.1, -0.05) is 12.2 Å². The van der Waals surface area contributed by atoms with Crippen molar-refractivity contribution in [3.8, 4) is 0 Å². The Hall–Kier alpha value is -0.960. The molecule has 0 bridgehead atoms. The van der Waals surface area contributed by atoms with E-state index in [1.54, 1.807) is 12.3 Å². The molecule has 0 aromatic carbocycles. The Morgan fingerprint density at radius 3 is 2.90 bits per heavy atom. The summed E-state index contributed by atoms with van der Waals surface area (Å²) in [6, 6.07) is 0. The van der Waals surface area contributed by atoms with Gasteiger partial charge in [-0.2, -0.15) is 0 Å². The van der Waals surface area contributed by atoms with Gasteiger partial charge in [0, 0.05) is 12.7 Å². The van der Waals surface area contributed by atoms with Crippen LogP contribution < -0.4 is 0 Å². The Kier molecular flexibility index (Phi) is 2.34. The van der Waals surface area contributed by atoms with Gasteiger partial charge < -0.3 is 4.29 Å². The predicted octanol–water partition coefficient (Wildman–Crippen LogP) is 1.66. The van der Waals surface area contributed by atoms with E-state index >= 15 is 0 Å². The first-order valence-corrected chi connectivity index (χ1v) is 3.08. The highest BCUT2D eigenvalue weighted by Crippen LogP contribution is 2.01. The number of rotatable bonds is 0. The van der Waals surface area contributed by atoms with Gasteiger partial charge in [-0.05, 0) is 6.08 Å². The summed E-state index contributed by atoms with van der Waals surface area (Å²) in [7, 11) is 0. The molecule has 1 amide bonds. The van der Waals surface area contributed by atoms with E-state index < -0.39 is 6.09 Å². The molecule has 0 aromatic heterocycles. The molecule has 4 heteroatoms. The fraction of sp³-hybridized carbons (Fsp3) is 0.167. The topological polar surface area (TPSA) is 29.5 Å². The lowest BCUT2D eigenvalue weighted by molar-refractivity contribution is 0.177. The fourth-order valence-electron chi connectivity index (χ4n) is 0.647. The molecule has 1 aliphatic rings. The van der Waals surface area contributed by atoms with Crippen molar-refractivity contribution in [2.45, 2.75) is 0 Å². The first kappa shape index (κ1) is 7.15. The molecule has 10 heavy (non-hydrogen) atoms. The minimum atomic E-state index is -0.553. The average molecular weight is 160 g/mol. The summed E-state index contributed by atoms with van der Waals surface area (Å²) in [6.07, 6.45) is 6.45. The van der Waals surface area contributed by atoms with Gasteiger partial charge in [0.15, 0.2) is 0 Å². The van der Waals surface area contributed by atoms with Gasteiger partial charge in [0.05, 0.1) is 0 Å². The summed E-state index contributed by atoms with van der Waals surface area (Å²) in [5, 5.41) is 0. The SMILES string of the molecule is O=C(OCl)N1C=CC=CC1. The van der Waals surface area contributed by atoms with Gasteiger partial charge >= 0.3 is 6.09 Å². The normalized spacial score (nSPS) is 15.5. The fourth-order valence-corrected chi connectivity index (χ4v) is 0.736. The van der Waals surface area contributed by atoms with Crippen LogP contribution in [0, 0.1) is 0 Å². The van der Waals surface area contributed by atoms with Crippen LogP contribution in [0.4, 0.5) is 4.79 Å². The van der Waals surface area contributed by atoms with Crippen molar-refractivity contribution in [1.29, 1.82) is 0 Å². The van der Waals surface area contributed by atoms with Crippen LogP contribution in [0.15, 0.2) is 24.4 Å². The maximum atomic E-state index is 10.7. The number of halogens is 1. The maximum absolute atomic E-state index is 10.7. The van der Waals surface area contributed by atoms with Crippen molar-refractivity contribution >= 4 is 18.0 Å². The molecule has 3 nitrogen and oxygen atoms in total. The molecule has 0 saturated heterocycles. The molecular weight excluding hydrogens is 154 g/mol. The van der Waals surface area contributed by atoms with Crippen LogP contribution in [-0.2, 0) is 4.29 Å². The second kappa shape index (κ2) is 3.27. The van der Waals surface area contributed by atoms with E-state index in [9.17, 15) is 4.79 Å². The molecule has 0 atom stereocenters. The molecular formula is C6H6ClNO2. The summed E-state index contributed by atoms with van der Waals surface area (Å²) in [4.78, 5) is 12.0. The largest absolute Gasteiger partial charge is 0.432 e. The molecule has 1 rings (SSSR count). The summed E-state index contributed by atoms with van der Waals surface area (Å²) in [6.45, 7) is 0.516. The Balaban J connectivity index is 2.51. The second-order valence-electron chi connectivity index (χ2n) is 1.77. The van der Waals surface area contributed by atoms with Gasteiger partial charge in [0.25, 0.3) is 0 Å². The van der Waals surface area contributed by atoms with E-state index in [-0.39, 0.29) is 0 Å². The number of nitrogens with zero attached hydrogens (tertiary/aromatic N) is 1. The number of carbonyl (C=O) groups excluding carboxylic acids is 1. The molecule has 0 N–H and O–H groups in total. The average Bonchev–Trinajstić information content (AvgIpc) is 2.05. The summed E-state index contributed by atoms with van der Waals surface area (Å²) < 4.78 is 3.96. The zero-order valence-corrected chi connectivity index (χ0v) is 5.91. The van der Waals surface area contributed by atoms with E-state index in [1.165, 1.54) is 4.90 Å². The van der Waals surface area contributed by atoms with Crippen molar-refractivity contribution in [2.75, 3.05) is 6.54 Å². The Morgan fingerprint density at radius 2 is 2.40 bits per heavy atom. The molecule has 0 saturated carbocycles. The minimum absolute atomic E-state index is 0.516. The zero-order chi connectivity index (χ0) is 7.40. The highest BCUT2D eigenvalue weighted by molar-refractivity contribution is 6.12. The van der Waals surface area contributed by atoms with E-state index in [4.69, 9.17) is 11.9 Å². The van der Waals surface area contributed by atoms with Crippen molar-refractivity contribution in [1.82, 2.24) is 4.90 Å². The highest BCUT2D eigenvalue weighted by Gasteiger charge is 2.10. The van der Waals surface area contributed by atoms with Gasteiger partial charge in [-0.25, -0.2) is 4.79 Å². The van der Waals surface area contributed by atoms with Crippen LogP contribution in [0.1, 0.15) is 0 Å². The molecule has 0 aliphatic carbocycles. The molecule has 0 spiro atoms. The van der Waals surface area contributed by atoms with Crippen molar-refractivity contribution in [3.63, 3.8) is 0 Å². The van der Waals surface area contributed by atoms with Crippen LogP contribution in [-0.4, -0.2) is 17.5 Å². The van der Waals surface area contributed by atoms with Crippen molar-refractivity contribution in [3.05, 3.63) is 24.4 Å². The van der Waals surface area contributed by atoms with Gasteiger partial charge in [0.1, 0.15) is 11.9 Å². The second-order valence-corrected chi connectivity index (χ2v) is 1.92. The third kappa shape index (κ3) is 1.51. The first-order chi connectivity index (χ1) is 4.84. The highest BCUT2D eigenvalue weighted by atomic mass is 35.5. The molecule has 1 aliphatic heterocycles. The first-order valence-electron chi connectivity index (χ1n) is 2.77. The smallest absolute Gasteiger partial charge is 0.330 e. The van der Waals surface area contributed by atoms with E-state index in [1.807, 2.05) is 12.2 Å². The standard InChI is InChI=1S/C6H6ClNO2/c7-10-6(9)8-4-2-1-3-5-8/h1-4H,5H2. The minimum Gasteiger partial charge on any atom is -0.330 e. The Labute approximate surface area is 63.7 Å². The molecule has 0 fully saturated rings. The molecule has 0 aromatic rings. The van der Waals surface area contributed by atoms with Crippen LogP contribution in [0.25, 0.3) is 0 Å². The lowest BCUT2D eigenvalue weighted by Gasteiger charge is -2.14. The van der Waals surface area contributed by atoms with Crippen LogP contribution in [0.2, 0.25) is 0 Å². The van der Waals surface area contributed by atoms with Crippen molar-refractivity contribution in [2.24, 2.45) is 0 Å². The van der Waals surface area contributed by atoms with Crippen molar-refractivity contribution < 1.29 is 9.08 Å². The van der Waals surface area contributed by atoms with E-state index in [0.29, 0.717) is 6.54 Å². The summed E-state index contributed by atoms with van der Waals surface area (Å²) in [5.41, 5.74) is 0. The summed E-state index contributed by atoms with van der Waals surface area (Å²) >= 11 is 4.84. The molecule has 54 valence electrons. The third-order valence-electron chi connectivity index (χ3n) is 1.12. The predicted molar refractivity (Wildman–Crippen MR) is 37.3 cm³/mol. The number of allylic oxidation sites excluding steroid dienone is 2. The lowest BCUT2D eigenvalue weighted by Crippen LogP contribution is -2.25. The Bertz CT molecular complexity index is 188. The number of amides is 1. The van der Waals surface area contributed by atoms with Crippen LogP contribution in [0.3, 0.4) is 0 Å². The van der Waals surface area contributed by atoms with Crippen LogP contribution in [0.5, 0.6) is 0 Å². The monoisotopic (exact) mass is 159 g/mol.